The fourth-order valence-corrected chi connectivity index (χ4v) is 3.27. The van der Waals surface area contributed by atoms with Crippen LogP contribution in [0.25, 0.3) is 5.69 Å². The first-order valence-corrected chi connectivity index (χ1v) is 9.90. The highest BCUT2D eigenvalue weighted by atomic mass is 79.9. The van der Waals surface area contributed by atoms with Gasteiger partial charge < -0.3 is 9.47 Å². The standard InChI is InChI=1S/C19H15BrN4O3S/c1-26-15-10-8-14(9-11-15)24-19(21-22-23-24)28-13-5-4-12-27-18(25)16-6-2-3-7-17(16)20/h2-3,6-11H,12-13H2,1H3. The number of methoxy groups -OCH3 is 1. The van der Waals surface area contributed by atoms with Crippen LogP contribution in [-0.4, -0.2) is 45.6 Å². The Bertz CT molecular complexity index is 1010. The summed E-state index contributed by atoms with van der Waals surface area (Å²) < 4.78 is 12.6. The molecule has 0 aliphatic carbocycles. The lowest BCUT2D eigenvalue weighted by Gasteiger charge is -2.04. The maximum atomic E-state index is 12.0. The molecule has 0 bridgehead atoms. The lowest BCUT2D eigenvalue weighted by molar-refractivity contribution is 0.0555. The molecule has 7 nitrogen and oxygen atoms in total. The quantitative estimate of drug-likeness (QED) is 0.318. The molecule has 0 fully saturated rings. The molecule has 1 heterocycles. The van der Waals surface area contributed by atoms with Gasteiger partial charge in [0.2, 0.25) is 5.16 Å². The second-order valence-electron chi connectivity index (χ2n) is 5.27. The lowest BCUT2D eigenvalue weighted by Crippen LogP contribution is -2.06. The largest absolute Gasteiger partial charge is 0.497 e. The number of hydrogen-bond acceptors (Lipinski definition) is 7. The summed E-state index contributed by atoms with van der Waals surface area (Å²) >= 11 is 4.71. The number of benzene rings is 2. The van der Waals surface area contributed by atoms with Crippen molar-refractivity contribution < 1.29 is 14.3 Å². The fraction of sp³-hybridized carbons (Fsp3) is 0.158. The van der Waals surface area contributed by atoms with Gasteiger partial charge in [0.25, 0.3) is 0 Å². The van der Waals surface area contributed by atoms with E-state index in [2.05, 4.69) is 43.3 Å². The Balaban J connectivity index is 1.51. The number of hydrogen-bond donors (Lipinski definition) is 0. The third kappa shape index (κ3) is 5.12. The van der Waals surface area contributed by atoms with Crippen LogP contribution in [-0.2, 0) is 4.74 Å². The van der Waals surface area contributed by atoms with Crippen molar-refractivity contribution in [1.29, 1.82) is 0 Å². The molecule has 28 heavy (non-hydrogen) atoms. The predicted octanol–water partition coefficient (Wildman–Crippen LogP) is 3.39. The van der Waals surface area contributed by atoms with Gasteiger partial charge in [0.05, 0.1) is 24.1 Å². The number of esters is 1. The van der Waals surface area contributed by atoms with E-state index in [1.54, 1.807) is 30.0 Å². The number of thioether (sulfide) groups is 1. The van der Waals surface area contributed by atoms with E-state index in [4.69, 9.17) is 9.47 Å². The van der Waals surface area contributed by atoms with Crippen molar-refractivity contribution in [2.24, 2.45) is 0 Å². The molecule has 0 saturated heterocycles. The molecule has 3 rings (SSSR count). The van der Waals surface area contributed by atoms with Crippen molar-refractivity contribution >= 4 is 33.7 Å². The first-order chi connectivity index (χ1) is 13.7. The Hall–Kier alpha value is -2.83. The monoisotopic (exact) mass is 458 g/mol. The van der Waals surface area contributed by atoms with Crippen LogP contribution in [0.3, 0.4) is 0 Å². The molecule has 3 aromatic rings. The second kappa shape index (κ2) is 9.92. The van der Waals surface area contributed by atoms with Crippen LogP contribution < -0.4 is 4.74 Å². The van der Waals surface area contributed by atoms with Gasteiger partial charge >= 0.3 is 5.97 Å². The van der Waals surface area contributed by atoms with Crippen LogP contribution in [0.5, 0.6) is 5.75 Å². The van der Waals surface area contributed by atoms with Gasteiger partial charge in [-0.25, -0.2) is 4.79 Å². The summed E-state index contributed by atoms with van der Waals surface area (Å²) in [6, 6.07) is 14.5. The third-order valence-corrected chi connectivity index (χ3v) is 5.02. The average molecular weight is 459 g/mol. The van der Waals surface area contributed by atoms with Crippen molar-refractivity contribution in [1.82, 2.24) is 20.2 Å². The smallest absolute Gasteiger partial charge is 0.340 e. The van der Waals surface area contributed by atoms with E-state index < -0.39 is 5.97 Å². The number of rotatable bonds is 6. The number of carbonyl (C=O) groups excluding carboxylic acids is 1. The summed E-state index contributed by atoms with van der Waals surface area (Å²) in [5.74, 6) is 6.56. The molecule has 0 atom stereocenters. The number of tetrazole rings is 1. The molecule has 9 heteroatoms. The van der Waals surface area contributed by atoms with E-state index in [1.807, 2.05) is 30.3 Å². The Kier molecular flexibility index (Phi) is 7.06. The van der Waals surface area contributed by atoms with E-state index in [-0.39, 0.29) is 6.61 Å². The molecule has 0 amide bonds. The van der Waals surface area contributed by atoms with Crippen molar-refractivity contribution in [3.63, 3.8) is 0 Å². The van der Waals surface area contributed by atoms with Crippen molar-refractivity contribution in [2.75, 3.05) is 19.5 Å². The van der Waals surface area contributed by atoms with Gasteiger partial charge in [-0.05, 0) is 62.8 Å². The summed E-state index contributed by atoms with van der Waals surface area (Å²) in [6.07, 6.45) is 0. The van der Waals surface area contributed by atoms with E-state index in [9.17, 15) is 4.79 Å². The average Bonchev–Trinajstić information content (AvgIpc) is 3.19. The van der Waals surface area contributed by atoms with Gasteiger partial charge in [-0.3, -0.25) is 0 Å². The van der Waals surface area contributed by atoms with Crippen LogP contribution in [0.2, 0.25) is 0 Å². The van der Waals surface area contributed by atoms with Crippen LogP contribution in [0, 0.1) is 11.8 Å². The molecule has 0 radical (unpaired) electrons. The Morgan fingerprint density at radius 1 is 1.18 bits per heavy atom. The van der Waals surface area contributed by atoms with Gasteiger partial charge in [0.15, 0.2) is 6.61 Å². The number of aromatic nitrogens is 4. The minimum Gasteiger partial charge on any atom is -0.497 e. The van der Waals surface area contributed by atoms with Gasteiger partial charge in [0.1, 0.15) is 5.75 Å². The molecule has 0 aliphatic heterocycles. The normalized spacial score (nSPS) is 10.1. The van der Waals surface area contributed by atoms with Crippen LogP contribution in [0.4, 0.5) is 0 Å². The van der Waals surface area contributed by atoms with Gasteiger partial charge in [0, 0.05) is 4.47 Å². The van der Waals surface area contributed by atoms with E-state index >= 15 is 0 Å². The first-order valence-electron chi connectivity index (χ1n) is 8.12. The Morgan fingerprint density at radius 3 is 2.71 bits per heavy atom. The van der Waals surface area contributed by atoms with Crippen molar-refractivity contribution in [3.05, 3.63) is 58.6 Å². The zero-order valence-electron chi connectivity index (χ0n) is 14.8. The highest BCUT2D eigenvalue weighted by Gasteiger charge is 2.10. The van der Waals surface area contributed by atoms with Gasteiger partial charge in [-0.1, -0.05) is 35.7 Å². The molecular weight excluding hydrogens is 444 g/mol. The summed E-state index contributed by atoms with van der Waals surface area (Å²) in [7, 11) is 1.61. The maximum Gasteiger partial charge on any atom is 0.340 e. The Labute approximate surface area is 174 Å². The molecule has 0 unspecified atom stereocenters. The molecule has 1 aromatic heterocycles. The van der Waals surface area contributed by atoms with Crippen molar-refractivity contribution in [3.8, 4) is 23.3 Å². The second-order valence-corrected chi connectivity index (χ2v) is 7.07. The lowest BCUT2D eigenvalue weighted by atomic mass is 10.2. The highest BCUT2D eigenvalue weighted by molar-refractivity contribution is 9.10. The summed E-state index contributed by atoms with van der Waals surface area (Å²) in [5, 5.41) is 12.3. The topological polar surface area (TPSA) is 79.1 Å². The molecule has 142 valence electrons. The number of nitrogens with zero attached hydrogens (tertiary/aromatic N) is 4. The van der Waals surface area contributed by atoms with Gasteiger partial charge in [-0.2, -0.15) is 4.68 Å². The minimum atomic E-state index is -0.419. The number of carbonyl (C=O) groups is 1. The van der Waals surface area contributed by atoms with Crippen molar-refractivity contribution in [2.45, 2.75) is 5.16 Å². The molecule has 0 saturated carbocycles. The highest BCUT2D eigenvalue weighted by Crippen LogP contribution is 2.20. The minimum absolute atomic E-state index is 0.0180. The predicted molar refractivity (Wildman–Crippen MR) is 109 cm³/mol. The summed E-state index contributed by atoms with van der Waals surface area (Å²) in [5.41, 5.74) is 1.29. The molecule has 0 spiro atoms. The Morgan fingerprint density at radius 2 is 1.96 bits per heavy atom. The number of halogens is 1. The molecular formula is C19H15BrN4O3S. The van der Waals surface area contributed by atoms with Crippen LogP contribution >= 0.6 is 27.7 Å². The molecule has 0 aliphatic rings. The SMILES string of the molecule is COc1ccc(-n2nnnc2SCC#CCOC(=O)c2ccccc2Br)cc1. The van der Waals surface area contributed by atoms with Crippen LogP contribution in [0.1, 0.15) is 10.4 Å². The fourth-order valence-electron chi connectivity index (χ4n) is 2.16. The van der Waals surface area contributed by atoms with E-state index in [1.165, 1.54) is 11.8 Å². The summed E-state index contributed by atoms with van der Waals surface area (Å²) in [4.78, 5) is 12.0. The zero-order chi connectivity index (χ0) is 19.8. The maximum absolute atomic E-state index is 12.0. The summed E-state index contributed by atoms with van der Waals surface area (Å²) in [6.45, 7) is 0.0180. The first kappa shape index (κ1) is 19.9. The van der Waals surface area contributed by atoms with Crippen LogP contribution in [0.15, 0.2) is 58.2 Å². The van der Waals surface area contributed by atoms with E-state index in [0.717, 1.165) is 11.4 Å². The van der Waals surface area contributed by atoms with E-state index in [0.29, 0.717) is 20.9 Å². The molecule has 2 aromatic carbocycles. The zero-order valence-corrected chi connectivity index (χ0v) is 17.2. The number of ether oxygens (including phenoxy) is 2. The molecule has 0 N–H and O–H groups in total. The third-order valence-electron chi connectivity index (χ3n) is 3.53. The van der Waals surface area contributed by atoms with Gasteiger partial charge in [-0.15, -0.1) is 5.10 Å².